The Kier molecular flexibility index (Phi) is 4.62. The number of esters is 1. The van der Waals surface area contributed by atoms with Crippen LogP contribution in [0.25, 0.3) is 11.1 Å². The summed E-state index contributed by atoms with van der Waals surface area (Å²) in [7, 11) is 0. The van der Waals surface area contributed by atoms with E-state index in [0.29, 0.717) is 23.3 Å². The van der Waals surface area contributed by atoms with Crippen LogP contribution in [0.3, 0.4) is 0 Å². The Morgan fingerprint density at radius 1 is 1.21 bits per heavy atom. The molecule has 1 aromatic heterocycles. The molecular formula is C19H19NO4. The fraction of sp³-hybridized carbons (Fsp3) is 0.263. The van der Waals surface area contributed by atoms with Crippen molar-refractivity contribution in [3.63, 3.8) is 0 Å². The van der Waals surface area contributed by atoms with E-state index in [-0.39, 0.29) is 17.8 Å². The molecule has 5 heteroatoms. The van der Waals surface area contributed by atoms with E-state index in [1.54, 1.807) is 26.0 Å². The molecule has 3 aromatic rings. The lowest BCUT2D eigenvalue weighted by Crippen LogP contribution is -2.12. The first kappa shape index (κ1) is 16.2. The van der Waals surface area contributed by atoms with Crippen molar-refractivity contribution in [3.05, 3.63) is 65.5 Å². The molecule has 0 aliphatic rings. The number of aliphatic hydroxyl groups excluding tert-OH is 1. The third-order valence-corrected chi connectivity index (χ3v) is 3.92. The second-order valence-electron chi connectivity index (χ2n) is 5.57. The van der Waals surface area contributed by atoms with Gasteiger partial charge in [0.25, 0.3) is 0 Å². The molecule has 0 aliphatic carbocycles. The van der Waals surface area contributed by atoms with E-state index in [2.05, 4.69) is 4.98 Å². The Labute approximate surface area is 139 Å². The third-order valence-electron chi connectivity index (χ3n) is 3.92. The largest absolute Gasteiger partial charge is 0.466 e. The predicted molar refractivity (Wildman–Crippen MR) is 89.6 cm³/mol. The Morgan fingerprint density at radius 2 is 1.96 bits per heavy atom. The lowest BCUT2D eigenvalue weighted by molar-refractivity contribution is -0.144. The van der Waals surface area contributed by atoms with Crippen molar-refractivity contribution in [1.29, 1.82) is 0 Å². The zero-order chi connectivity index (χ0) is 17.1. The highest BCUT2D eigenvalue weighted by Gasteiger charge is 2.20. The van der Waals surface area contributed by atoms with Crippen molar-refractivity contribution in [2.45, 2.75) is 25.9 Å². The van der Waals surface area contributed by atoms with Gasteiger partial charge in [-0.15, -0.1) is 0 Å². The minimum Gasteiger partial charge on any atom is -0.466 e. The third kappa shape index (κ3) is 3.16. The molecule has 3 rings (SSSR count). The standard InChI is InChI=1S/C19H19NO4/c1-3-23-19(22)12(2)14-9-10-16-15(11-14)20-18(24-16)17(21)13-7-5-4-6-8-13/h4-12,17,21H,3H2,1-2H3. The number of rotatable bonds is 5. The van der Waals surface area contributed by atoms with E-state index in [9.17, 15) is 9.90 Å². The van der Waals surface area contributed by atoms with Crippen LogP contribution < -0.4 is 0 Å². The molecule has 0 aliphatic heterocycles. The number of ether oxygens (including phenoxy) is 1. The van der Waals surface area contributed by atoms with Crippen LogP contribution in [0.4, 0.5) is 0 Å². The molecule has 0 amide bonds. The second-order valence-corrected chi connectivity index (χ2v) is 5.57. The van der Waals surface area contributed by atoms with Crippen LogP contribution in [0.5, 0.6) is 0 Å². The number of oxazole rings is 1. The number of hydrogen-bond donors (Lipinski definition) is 1. The number of aromatic nitrogens is 1. The summed E-state index contributed by atoms with van der Waals surface area (Å²) in [6.07, 6.45) is -0.926. The van der Waals surface area contributed by atoms with E-state index >= 15 is 0 Å². The summed E-state index contributed by atoms with van der Waals surface area (Å²) >= 11 is 0. The first-order valence-corrected chi connectivity index (χ1v) is 7.90. The van der Waals surface area contributed by atoms with Gasteiger partial charge in [-0.25, -0.2) is 4.98 Å². The molecule has 2 aromatic carbocycles. The van der Waals surface area contributed by atoms with Crippen LogP contribution in [0.2, 0.25) is 0 Å². The topological polar surface area (TPSA) is 72.6 Å². The lowest BCUT2D eigenvalue weighted by Gasteiger charge is -2.10. The summed E-state index contributed by atoms with van der Waals surface area (Å²) in [6.45, 7) is 3.92. The summed E-state index contributed by atoms with van der Waals surface area (Å²) < 4.78 is 10.7. The molecule has 124 valence electrons. The van der Waals surface area contributed by atoms with Gasteiger partial charge in [-0.1, -0.05) is 36.4 Å². The summed E-state index contributed by atoms with van der Waals surface area (Å²) in [5, 5.41) is 10.4. The molecule has 0 saturated heterocycles. The van der Waals surface area contributed by atoms with E-state index in [0.717, 1.165) is 5.56 Å². The van der Waals surface area contributed by atoms with Crippen molar-refractivity contribution < 1.29 is 19.1 Å². The van der Waals surface area contributed by atoms with Crippen LogP contribution in [0.15, 0.2) is 52.9 Å². The van der Waals surface area contributed by atoms with E-state index in [1.165, 1.54) is 0 Å². The van der Waals surface area contributed by atoms with Crippen LogP contribution in [0, 0.1) is 0 Å². The average Bonchev–Trinajstić information content (AvgIpc) is 3.04. The molecular weight excluding hydrogens is 306 g/mol. The van der Waals surface area contributed by atoms with E-state index in [4.69, 9.17) is 9.15 Å². The summed E-state index contributed by atoms with van der Waals surface area (Å²) in [5.74, 6) is -0.421. The SMILES string of the molecule is CCOC(=O)C(C)c1ccc2oc(C(O)c3ccccc3)nc2c1. The van der Waals surface area contributed by atoms with Crippen LogP contribution in [0.1, 0.15) is 42.9 Å². The van der Waals surface area contributed by atoms with Gasteiger partial charge in [0.2, 0.25) is 5.89 Å². The van der Waals surface area contributed by atoms with Gasteiger partial charge in [-0.05, 0) is 37.1 Å². The maximum Gasteiger partial charge on any atom is 0.313 e. The molecule has 0 bridgehead atoms. The Balaban J connectivity index is 1.90. The number of carbonyl (C=O) groups excluding carboxylic acids is 1. The van der Waals surface area contributed by atoms with Crippen molar-refractivity contribution in [3.8, 4) is 0 Å². The number of fused-ring (bicyclic) bond motifs is 1. The summed E-state index contributed by atoms with van der Waals surface area (Å²) in [6, 6.07) is 14.6. The van der Waals surface area contributed by atoms with Gasteiger partial charge in [-0.2, -0.15) is 0 Å². The molecule has 0 saturated carbocycles. The smallest absolute Gasteiger partial charge is 0.313 e. The lowest BCUT2D eigenvalue weighted by atomic mass is 10.0. The van der Waals surface area contributed by atoms with Crippen LogP contribution >= 0.6 is 0 Å². The molecule has 24 heavy (non-hydrogen) atoms. The van der Waals surface area contributed by atoms with E-state index in [1.807, 2.05) is 36.4 Å². The Bertz CT molecular complexity index is 841. The molecule has 0 radical (unpaired) electrons. The zero-order valence-electron chi connectivity index (χ0n) is 13.6. The maximum atomic E-state index is 11.9. The van der Waals surface area contributed by atoms with Gasteiger partial charge >= 0.3 is 5.97 Å². The van der Waals surface area contributed by atoms with Gasteiger partial charge in [0.05, 0.1) is 12.5 Å². The van der Waals surface area contributed by atoms with Gasteiger partial charge in [0.1, 0.15) is 5.52 Å². The van der Waals surface area contributed by atoms with Crippen LogP contribution in [-0.2, 0) is 9.53 Å². The second kappa shape index (κ2) is 6.84. The molecule has 1 heterocycles. The van der Waals surface area contributed by atoms with E-state index < -0.39 is 6.10 Å². The predicted octanol–water partition coefficient (Wildman–Crippen LogP) is 3.58. The van der Waals surface area contributed by atoms with Gasteiger partial charge in [-0.3, -0.25) is 4.79 Å². The fourth-order valence-electron chi connectivity index (χ4n) is 2.53. The minimum absolute atomic E-state index is 0.233. The normalized spacial score (nSPS) is 13.6. The first-order valence-electron chi connectivity index (χ1n) is 7.90. The highest BCUT2D eigenvalue weighted by Crippen LogP contribution is 2.27. The summed E-state index contributed by atoms with van der Waals surface area (Å²) in [4.78, 5) is 16.2. The molecule has 2 unspecified atom stereocenters. The van der Waals surface area contributed by atoms with Crippen molar-refractivity contribution >= 4 is 17.1 Å². The zero-order valence-corrected chi connectivity index (χ0v) is 13.6. The number of carbonyl (C=O) groups is 1. The quantitative estimate of drug-likeness (QED) is 0.726. The van der Waals surface area contributed by atoms with Crippen molar-refractivity contribution in [2.24, 2.45) is 0 Å². The molecule has 0 fully saturated rings. The first-order chi connectivity index (χ1) is 11.6. The minimum atomic E-state index is -0.926. The van der Waals surface area contributed by atoms with Gasteiger partial charge in [0.15, 0.2) is 11.7 Å². The fourth-order valence-corrected chi connectivity index (χ4v) is 2.53. The van der Waals surface area contributed by atoms with Crippen molar-refractivity contribution in [2.75, 3.05) is 6.61 Å². The number of benzene rings is 2. The van der Waals surface area contributed by atoms with Gasteiger partial charge in [0, 0.05) is 0 Å². The average molecular weight is 325 g/mol. The highest BCUT2D eigenvalue weighted by atomic mass is 16.5. The Morgan fingerprint density at radius 3 is 2.67 bits per heavy atom. The highest BCUT2D eigenvalue weighted by molar-refractivity contribution is 5.81. The Hall–Kier alpha value is -2.66. The number of nitrogens with zero attached hydrogens (tertiary/aromatic N) is 1. The monoisotopic (exact) mass is 325 g/mol. The van der Waals surface area contributed by atoms with Gasteiger partial charge < -0.3 is 14.3 Å². The molecule has 5 nitrogen and oxygen atoms in total. The number of aliphatic hydroxyl groups is 1. The molecule has 1 N–H and O–H groups in total. The maximum absolute atomic E-state index is 11.9. The van der Waals surface area contributed by atoms with Crippen LogP contribution in [-0.4, -0.2) is 22.7 Å². The molecule has 0 spiro atoms. The summed E-state index contributed by atoms with van der Waals surface area (Å²) in [5.41, 5.74) is 2.69. The number of hydrogen-bond acceptors (Lipinski definition) is 5. The molecule has 2 atom stereocenters. The van der Waals surface area contributed by atoms with Crippen molar-refractivity contribution in [1.82, 2.24) is 4.98 Å².